The highest BCUT2D eigenvalue weighted by Crippen LogP contribution is 2.19. The van der Waals surface area contributed by atoms with Crippen molar-refractivity contribution in [1.29, 1.82) is 0 Å². The van der Waals surface area contributed by atoms with Gasteiger partial charge in [-0.15, -0.1) is 0 Å². The number of rotatable bonds is 4. The second kappa shape index (κ2) is 6.34. The summed E-state index contributed by atoms with van der Waals surface area (Å²) in [6, 6.07) is 10.9. The minimum absolute atomic E-state index is 0.0158. The van der Waals surface area contributed by atoms with Crippen molar-refractivity contribution in [2.75, 3.05) is 0 Å². The van der Waals surface area contributed by atoms with E-state index in [0.717, 1.165) is 12.0 Å². The lowest BCUT2D eigenvalue weighted by Gasteiger charge is -2.17. The van der Waals surface area contributed by atoms with Crippen molar-refractivity contribution >= 4 is 17.5 Å². The molecule has 2 rings (SSSR count). The van der Waals surface area contributed by atoms with Crippen LogP contribution in [0.3, 0.4) is 0 Å². The highest BCUT2D eigenvalue weighted by Gasteiger charge is 2.13. The van der Waals surface area contributed by atoms with Crippen LogP contribution in [0.15, 0.2) is 48.8 Å². The normalized spacial score (nSPS) is 11.9. The molecule has 0 saturated heterocycles. The maximum absolute atomic E-state index is 12.1. The van der Waals surface area contributed by atoms with Crippen LogP contribution in [0.5, 0.6) is 0 Å². The lowest BCUT2D eigenvalue weighted by Crippen LogP contribution is -2.28. The van der Waals surface area contributed by atoms with Crippen molar-refractivity contribution in [2.24, 2.45) is 0 Å². The molecule has 1 aromatic heterocycles. The summed E-state index contributed by atoms with van der Waals surface area (Å²) in [5.74, 6) is -0.0933. The summed E-state index contributed by atoms with van der Waals surface area (Å²) in [6.45, 7) is 2.03. The molecule has 0 spiro atoms. The first-order valence-corrected chi connectivity index (χ1v) is 6.55. The average Bonchev–Trinajstić information content (AvgIpc) is 2.46. The van der Waals surface area contributed by atoms with Crippen LogP contribution in [-0.4, -0.2) is 10.9 Å². The van der Waals surface area contributed by atoms with E-state index >= 15 is 0 Å². The quantitative estimate of drug-likeness (QED) is 0.925. The maximum Gasteiger partial charge on any atom is 0.251 e. The molecule has 4 heteroatoms. The van der Waals surface area contributed by atoms with Crippen molar-refractivity contribution in [2.45, 2.75) is 19.4 Å². The van der Waals surface area contributed by atoms with Crippen molar-refractivity contribution in [3.05, 3.63) is 64.9 Å². The van der Waals surface area contributed by atoms with E-state index in [1.807, 2.05) is 31.2 Å². The van der Waals surface area contributed by atoms with Gasteiger partial charge in [-0.25, -0.2) is 0 Å². The summed E-state index contributed by atoms with van der Waals surface area (Å²) in [5, 5.41) is 3.70. The van der Waals surface area contributed by atoms with Gasteiger partial charge in [0.25, 0.3) is 5.91 Å². The van der Waals surface area contributed by atoms with E-state index in [-0.39, 0.29) is 11.9 Å². The molecule has 1 aromatic carbocycles. The third-order valence-corrected chi connectivity index (χ3v) is 3.18. The number of amides is 1. The van der Waals surface area contributed by atoms with Crippen molar-refractivity contribution in [3.8, 4) is 0 Å². The molecule has 19 heavy (non-hydrogen) atoms. The Morgan fingerprint density at radius 3 is 2.42 bits per heavy atom. The smallest absolute Gasteiger partial charge is 0.251 e. The van der Waals surface area contributed by atoms with Gasteiger partial charge in [-0.1, -0.05) is 30.7 Å². The number of hydrogen-bond acceptors (Lipinski definition) is 2. The van der Waals surface area contributed by atoms with Crippen LogP contribution in [0.25, 0.3) is 0 Å². The van der Waals surface area contributed by atoms with Gasteiger partial charge in [-0.05, 0) is 36.2 Å². The van der Waals surface area contributed by atoms with Gasteiger partial charge in [0.2, 0.25) is 0 Å². The van der Waals surface area contributed by atoms with Crippen LogP contribution in [0, 0.1) is 0 Å². The molecule has 2 aromatic rings. The molecule has 3 nitrogen and oxygen atoms in total. The second-order valence-electron chi connectivity index (χ2n) is 4.22. The van der Waals surface area contributed by atoms with E-state index in [4.69, 9.17) is 11.6 Å². The van der Waals surface area contributed by atoms with Gasteiger partial charge < -0.3 is 5.32 Å². The zero-order valence-corrected chi connectivity index (χ0v) is 11.4. The Morgan fingerprint density at radius 2 is 1.84 bits per heavy atom. The molecule has 1 heterocycles. The lowest BCUT2D eigenvalue weighted by molar-refractivity contribution is 0.0935. The molecule has 0 bridgehead atoms. The van der Waals surface area contributed by atoms with Crippen LogP contribution in [0.4, 0.5) is 0 Å². The van der Waals surface area contributed by atoms with Gasteiger partial charge in [0.15, 0.2) is 0 Å². The van der Waals surface area contributed by atoms with Gasteiger partial charge in [0.05, 0.1) is 6.04 Å². The first-order chi connectivity index (χ1) is 9.20. The number of aromatic nitrogens is 1. The molecule has 0 aliphatic carbocycles. The van der Waals surface area contributed by atoms with Gasteiger partial charge in [-0.3, -0.25) is 9.78 Å². The van der Waals surface area contributed by atoms with Crippen LogP contribution < -0.4 is 5.32 Å². The number of benzene rings is 1. The zero-order valence-electron chi connectivity index (χ0n) is 10.6. The van der Waals surface area contributed by atoms with E-state index in [2.05, 4.69) is 10.3 Å². The summed E-state index contributed by atoms with van der Waals surface area (Å²) < 4.78 is 0. The van der Waals surface area contributed by atoms with E-state index in [0.29, 0.717) is 10.6 Å². The fraction of sp³-hybridized carbons (Fsp3) is 0.200. The minimum atomic E-state index is -0.0933. The number of carbonyl (C=O) groups excluding carboxylic acids is 1. The van der Waals surface area contributed by atoms with Crippen molar-refractivity contribution < 1.29 is 4.79 Å². The fourth-order valence-electron chi connectivity index (χ4n) is 1.86. The summed E-state index contributed by atoms with van der Waals surface area (Å²) in [4.78, 5) is 16.0. The summed E-state index contributed by atoms with van der Waals surface area (Å²) in [7, 11) is 0. The predicted octanol–water partition coefficient (Wildman–Crippen LogP) is 3.62. The average molecular weight is 275 g/mol. The Balaban J connectivity index is 2.11. The molecule has 0 fully saturated rings. The fourth-order valence-corrected chi connectivity index (χ4v) is 1.99. The highest BCUT2D eigenvalue weighted by molar-refractivity contribution is 6.30. The number of hydrogen-bond donors (Lipinski definition) is 1. The summed E-state index contributed by atoms with van der Waals surface area (Å²) >= 11 is 5.87. The summed E-state index contributed by atoms with van der Waals surface area (Å²) in [6.07, 6.45) is 4.04. The van der Waals surface area contributed by atoms with Crippen molar-refractivity contribution in [1.82, 2.24) is 10.3 Å². The molecule has 0 unspecified atom stereocenters. The third-order valence-electron chi connectivity index (χ3n) is 2.93. The first kappa shape index (κ1) is 13.6. The van der Waals surface area contributed by atoms with Gasteiger partial charge in [-0.2, -0.15) is 0 Å². The van der Waals surface area contributed by atoms with Crippen LogP contribution >= 0.6 is 11.6 Å². The number of nitrogens with zero attached hydrogens (tertiary/aromatic N) is 1. The molecule has 98 valence electrons. The standard InChI is InChI=1S/C15H15ClN2O/c1-2-14(11-3-5-13(16)6-4-11)18-15(19)12-7-9-17-10-8-12/h3-10,14H,2H2,1H3,(H,18,19)/t14-/m1/s1. The van der Waals surface area contributed by atoms with E-state index in [1.54, 1.807) is 24.5 Å². The summed E-state index contributed by atoms with van der Waals surface area (Å²) in [5.41, 5.74) is 1.66. The topological polar surface area (TPSA) is 42.0 Å². The highest BCUT2D eigenvalue weighted by atomic mass is 35.5. The Hall–Kier alpha value is -1.87. The van der Waals surface area contributed by atoms with Gasteiger partial charge in [0, 0.05) is 23.0 Å². The number of nitrogens with one attached hydrogen (secondary N) is 1. The monoisotopic (exact) mass is 274 g/mol. The van der Waals surface area contributed by atoms with Crippen molar-refractivity contribution in [3.63, 3.8) is 0 Å². The molecule has 1 amide bonds. The predicted molar refractivity (Wildman–Crippen MR) is 76.2 cm³/mol. The first-order valence-electron chi connectivity index (χ1n) is 6.17. The van der Waals surface area contributed by atoms with Gasteiger partial charge in [0.1, 0.15) is 0 Å². The Kier molecular flexibility index (Phi) is 4.53. The molecule has 0 aliphatic rings. The zero-order chi connectivity index (χ0) is 13.7. The number of halogens is 1. The number of carbonyl (C=O) groups is 1. The van der Waals surface area contributed by atoms with E-state index in [1.165, 1.54) is 0 Å². The Bertz CT molecular complexity index is 540. The molecule has 0 saturated carbocycles. The maximum atomic E-state index is 12.1. The Morgan fingerprint density at radius 1 is 1.21 bits per heavy atom. The molecular weight excluding hydrogens is 260 g/mol. The van der Waals surface area contributed by atoms with E-state index < -0.39 is 0 Å². The molecule has 0 aliphatic heterocycles. The SMILES string of the molecule is CC[C@@H](NC(=O)c1ccncc1)c1ccc(Cl)cc1. The minimum Gasteiger partial charge on any atom is -0.345 e. The van der Waals surface area contributed by atoms with Gasteiger partial charge >= 0.3 is 0 Å². The van der Waals surface area contributed by atoms with E-state index in [9.17, 15) is 4.79 Å². The molecule has 1 atom stereocenters. The largest absolute Gasteiger partial charge is 0.345 e. The second-order valence-corrected chi connectivity index (χ2v) is 4.66. The van der Waals surface area contributed by atoms with Crippen LogP contribution in [0.2, 0.25) is 5.02 Å². The number of pyridine rings is 1. The lowest BCUT2D eigenvalue weighted by atomic mass is 10.0. The third kappa shape index (κ3) is 3.55. The Labute approximate surface area is 117 Å². The van der Waals surface area contributed by atoms with Crippen LogP contribution in [0.1, 0.15) is 35.3 Å². The van der Waals surface area contributed by atoms with Crippen LogP contribution in [-0.2, 0) is 0 Å². The molecular formula is C15H15ClN2O. The molecule has 0 radical (unpaired) electrons. The molecule has 1 N–H and O–H groups in total.